The number of hydrogen-bond acceptors (Lipinski definition) is 2. The van der Waals surface area contributed by atoms with Crippen LogP contribution in [0.3, 0.4) is 0 Å². The Balaban J connectivity index is 1.79. The van der Waals surface area contributed by atoms with E-state index in [1.165, 1.54) is 64.7 Å². The molecule has 0 bridgehead atoms. The molecule has 15 heavy (non-hydrogen) atoms. The Labute approximate surface area is 94.4 Å². The smallest absolute Gasteiger partial charge is 0.0221 e. The average molecular weight is 210 g/mol. The molecule has 1 aliphatic heterocycles. The lowest BCUT2D eigenvalue weighted by molar-refractivity contribution is 0.150. The Bertz CT molecular complexity index is 169. The van der Waals surface area contributed by atoms with Gasteiger partial charge in [0.15, 0.2) is 0 Å². The molecule has 0 radical (unpaired) electrons. The molecule has 0 aromatic heterocycles. The fraction of sp³-hybridized carbons (Fsp3) is 1.00. The van der Waals surface area contributed by atoms with Gasteiger partial charge in [0.05, 0.1) is 0 Å². The van der Waals surface area contributed by atoms with Crippen molar-refractivity contribution >= 4 is 0 Å². The number of nitrogens with one attached hydrogen (secondary N) is 1. The van der Waals surface area contributed by atoms with Crippen LogP contribution in [-0.4, -0.2) is 37.1 Å². The van der Waals surface area contributed by atoms with E-state index in [0.29, 0.717) is 0 Å². The van der Waals surface area contributed by atoms with Crippen molar-refractivity contribution in [2.24, 2.45) is 5.92 Å². The van der Waals surface area contributed by atoms with Gasteiger partial charge in [-0.25, -0.2) is 0 Å². The molecule has 1 heterocycles. The Morgan fingerprint density at radius 2 is 1.93 bits per heavy atom. The highest BCUT2D eigenvalue weighted by molar-refractivity contribution is 4.80. The lowest BCUT2D eigenvalue weighted by Crippen LogP contribution is -2.47. The third-order valence-electron chi connectivity index (χ3n) is 4.16. The van der Waals surface area contributed by atoms with Crippen molar-refractivity contribution in [3.8, 4) is 0 Å². The fourth-order valence-corrected chi connectivity index (χ4v) is 3.21. The van der Waals surface area contributed by atoms with E-state index in [2.05, 4.69) is 17.1 Å². The van der Waals surface area contributed by atoms with Crippen molar-refractivity contribution in [1.82, 2.24) is 10.2 Å². The molecule has 2 nitrogen and oxygen atoms in total. The molecule has 1 atom stereocenters. The molecule has 0 aromatic carbocycles. The third kappa shape index (κ3) is 3.18. The number of hydrogen-bond donors (Lipinski definition) is 1. The lowest BCUT2D eigenvalue weighted by Gasteiger charge is -2.35. The van der Waals surface area contributed by atoms with Crippen LogP contribution in [0, 0.1) is 5.92 Å². The van der Waals surface area contributed by atoms with Gasteiger partial charge in [0.25, 0.3) is 0 Å². The molecule has 1 saturated carbocycles. The molecule has 0 spiro atoms. The monoisotopic (exact) mass is 210 g/mol. The van der Waals surface area contributed by atoms with E-state index in [-0.39, 0.29) is 0 Å². The summed E-state index contributed by atoms with van der Waals surface area (Å²) in [7, 11) is 0. The van der Waals surface area contributed by atoms with Gasteiger partial charge in [-0.05, 0) is 44.7 Å². The van der Waals surface area contributed by atoms with Gasteiger partial charge in [-0.15, -0.1) is 0 Å². The van der Waals surface area contributed by atoms with E-state index < -0.39 is 0 Å². The summed E-state index contributed by atoms with van der Waals surface area (Å²) in [4.78, 5) is 2.72. The van der Waals surface area contributed by atoms with Crippen molar-refractivity contribution in [2.75, 3.05) is 26.2 Å². The van der Waals surface area contributed by atoms with Crippen LogP contribution >= 0.6 is 0 Å². The summed E-state index contributed by atoms with van der Waals surface area (Å²) in [6.45, 7) is 7.38. The van der Waals surface area contributed by atoms with Crippen LogP contribution in [0.25, 0.3) is 0 Å². The third-order valence-corrected chi connectivity index (χ3v) is 4.16. The Morgan fingerprint density at radius 1 is 1.13 bits per heavy atom. The molecule has 1 unspecified atom stereocenters. The highest BCUT2D eigenvalue weighted by atomic mass is 15.2. The highest BCUT2D eigenvalue weighted by Crippen LogP contribution is 2.26. The molecule has 2 heteroatoms. The van der Waals surface area contributed by atoms with Gasteiger partial charge in [0, 0.05) is 19.1 Å². The minimum atomic E-state index is 0.823. The second-order valence-corrected chi connectivity index (χ2v) is 5.24. The quantitative estimate of drug-likeness (QED) is 0.765. The van der Waals surface area contributed by atoms with Crippen LogP contribution in [0.2, 0.25) is 0 Å². The zero-order chi connectivity index (χ0) is 10.5. The summed E-state index contributed by atoms with van der Waals surface area (Å²) in [6, 6.07) is 0.823. The van der Waals surface area contributed by atoms with Crippen LogP contribution < -0.4 is 5.32 Å². The maximum atomic E-state index is 3.53. The summed E-state index contributed by atoms with van der Waals surface area (Å²) in [6.07, 6.45) is 8.70. The Morgan fingerprint density at radius 3 is 2.53 bits per heavy atom. The van der Waals surface area contributed by atoms with E-state index in [0.717, 1.165) is 12.0 Å². The molecule has 0 aromatic rings. The number of piperidine rings is 1. The van der Waals surface area contributed by atoms with Gasteiger partial charge in [0.1, 0.15) is 0 Å². The zero-order valence-corrected chi connectivity index (χ0v) is 10.2. The van der Waals surface area contributed by atoms with Gasteiger partial charge in [-0.1, -0.05) is 19.8 Å². The van der Waals surface area contributed by atoms with E-state index in [1.54, 1.807) is 0 Å². The molecular formula is C13H26N2. The number of likely N-dealkylation sites (N-methyl/N-ethyl adjacent to an activating group) is 1. The van der Waals surface area contributed by atoms with E-state index in [4.69, 9.17) is 0 Å². The van der Waals surface area contributed by atoms with Crippen LogP contribution in [0.4, 0.5) is 0 Å². The van der Waals surface area contributed by atoms with Crippen LogP contribution in [0.1, 0.15) is 45.4 Å². The summed E-state index contributed by atoms with van der Waals surface area (Å²) in [5.41, 5.74) is 0. The van der Waals surface area contributed by atoms with Gasteiger partial charge in [-0.3, -0.25) is 4.90 Å². The van der Waals surface area contributed by atoms with Gasteiger partial charge < -0.3 is 5.32 Å². The first-order valence-electron chi connectivity index (χ1n) is 6.85. The minimum absolute atomic E-state index is 0.823. The summed E-state index contributed by atoms with van der Waals surface area (Å²) < 4.78 is 0. The zero-order valence-electron chi connectivity index (χ0n) is 10.2. The SMILES string of the molecule is CCN(CC1CCCC1)C1CCCNC1. The molecule has 2 rings (SSSR count). The summed E-state index contributed by atoms with van der Waals surface area (Å²) >= 11 is 0. The van der Waals surface area contributed by atoms with Crippen molar-refractivity contribution < 1.29 is 0 Å². The molecule has 2 aliphatic rings. The second kappa shape index (κ2) is 5.86. The van der Waals surface area contributed by atoms with Gasteiger partial charge in [-0.2, -0.15) is 0 Å². The average Bonchev–Trinajstić information content (AvgIpc) is 2.80. The second-order valence-electron chi connectivity index (χ2n) is 5.24. The Hall–Kier alpha value is -0.0800. The first-order chi connectivity index (χ1) is 7.40. The van der Waals surface area contributed by atoms with Crippen molar-refractivity contribution in [1.29, 1.82) is 0 Å². The Kier molecular flexibility index (Phi) is 4.45. The molecular weight excluding hydrogens is 184 g/mol. The predicted octanol–water partition coefficient (Wildman–Crippen LogP) is 2.25. The summed E-state index contributed by atoms with van der Waals surface area (Å²) in [5, 5.41) is 3.53. The van der Waals surface area contributed by atoms with Gasteiger partial charge >= 0.3 is 0 Å². The lowest BCUT2D eigenvalue weighted by atomic mass is 10.0. The van der Waals surface area contributed by atoms with Crippen molar-refractivity contribution in [3.63, 3.8) is 0 Å². The largest absolute Gasteiger partial charge is 0.315 e. The van der Waals surface area contributed by atoms with Crippen molar-refractivity contribution in [2.45, 2.75) is 51.5 Å². The van der Waals surface area contributed by atoms with Crippen LogP contribution in [0.15, 0.2) is 0 Å². The first-order valence-corrected chi connectivity index (χ1v) is 6.85. The van der Waals surface area contributed by atoms with Crippen LogP contribution in [0.5, 0.6) is 0 Å². The molecule has 1 N–H and O–H groups in total. The standard InChI is InChI=1S/C13H26N2/c1-2-15(11-12-6-3-4-7-12)13-8-5-9-14-10-13/h12-14H,2-11H2,1H3. The molecule has 1 saturated heterocycles. The molecule has 88 valence electrons. The van der Waals surface area contributed by atoms with Crippen LogP contribution in [-0.2, 0) is 0 Å². The number of nitrogens with zero attached hydrogens (tertiary/aromatic N) is 1. The van der Waals surface area contributed by atoms with E-state index in [9.17, 15) is 0 Å². The minimum Gasteiger partial charge on any atom is -0.315 e. The molecule has 0 amide bonds. The van der Waals surface area contributed by atoms with E-state index >= 15 is 0 Å². The number of rotatable bonds is 4. The maximum Gasteiger partial charge on any atom is 0.0221 e. The topological polar surface area (TPSA) is 15.3 Å². The first kappa shape index (κ1) is 11.4. The molecule has 1 aliphatic carbocycles. The molecule has 2 fully saturated rings. The van der Waals surface area contributed by atoms with Gasteiger partial charge in [0.2, 0.25) is 0 Å². The van der Waals surface area contributed by atoms with Crippen molar-refractivity contribution in [3.05, 3.63) is 0 Å². The predicted molar refractivity (Wildman–Crippen MR) is 65.1 cm³/mol. The normalized spacial score (nSPS) is 28.8. The maximum absolute atomic E-state index is 3.53. The highest BCUT2D eigenvalue weighted by Gasteiger charge is 2.23. The fourth-order valence-electron chi connectivity index (χ4n) is 3.21. The summed E-state index contributed by atoms with van der Waals surface area (Å²) in [5.74, 6) is 1.01. The van der Waals surface area contributed by atoms with E-state index in [1.807, 2.05) is 0 Å².